The topological polar surface area (TPSA) is 70.5 Å². The fourth-order valence-electron chi connectivity index (χ4n) is 2.33. The summed E-state index contributed by atoms with van der Waals surface area (Å²) in [5.74, 6) is -1.25. The second kappa shape index (κ2) is 4.77. The Bertz CT molecular complexity index is 680. The van der Waals surface area contributed by atoms with Crippen molar-refractivity contribution in [2.75, 3.05) is 11.4 Å². The molecule has 0 spiro atoms. The van der Waals surface area contributed by atoms with Crippen LogP contribution < -0.4 is 4.90 Å². The zero-order valence-corrected chi connectivity index (χ0v) is 10.6. The van der Waals surface area contributed by atoms with Crippen LogP contribution in [0.15, 0.2) is 42.6 Å². The van der Waals surface area contributed by atoms with E-state index in [0.717, 1.165) is 17.7 Å². The Kier molecular flexibility index (Phi) is 2.95. The van der Waals surface area contributed by atoms with E-state index in [9.17, 15) is 9.59 Å². The molecule has 1 N–H and O–H groups in total. The van der Waals surface area contributed by atoms with Gasteiger partial charge >= 0.3 is 5.97 Å². The van der Waals surface area contributed by atoms with E-state index in [1.807, 2.05) is 24.3 Å². The number of nitrogens with zero attached hydrogens (tertiary/aromatic N) is 2. The summed E-state index contributed by atoms with van der Waals surface area (Å²) < 4.78 is 0. The third-order valence-electron chi connectivity index (χ3n) is 3.36. The summed E-state index contributed by atoms with van der Waals surface area (Å²) in [4.78, 5) is 28.8. The van der Waals surface area contributed by atoms with Crippen LogP contribution in [-0.4, -0.2) is 28.5 Å². The van der Waals surface area contributed by atoms with Crippen molar-refractivity contribution in [3.8, 4) is 0 Å². The quantitative estimate of drug-likeness (QED) is 0.904. The van der Waals surface area contributed by atoms with E-state index in [1.54, 1.807) is 4.90 Å². The van der Waals surface area contributed by atoms with Crippen LogP contribution in [0.5, 0.6) is 0 Å². The maximum absolute atomic E-state index is 12.4. The number of amides is 1. The third-order valence-corrected chi connectivity index (χ3v) is 3.36. The first-order valence-corrected chi connectivity index (χ1v) is 6.26. The van der Waals surface area contributed by atoms with Crippen molar-refractivity contribution in [3.63, 3.8) is 0 Å². The number of hydrogen-bond donors (Lipinski definition) is 1. The second-order valence-electron chi connectivity index (χ2n) is 4.57. The Morgan fingerprint density at radius 3 is 2.65 bits per heavy atom. The lowest BCUT2D eigenvalue weighted by atomic mass is 10.2. The standard InChI is InChI=1S/C15H12N2O3/c18-14(12-6-5-11(9-16-12)15(19)20)17-8-7-10-3-1-2-4-13(10)17/h1-6,9H,7-8H2,(H,19,20). The number of fused-ring (bicyclic) bond motifs is 1. The summed E-state index contributed by atoms with van der Waals surface area (Å²) in [5, 5.41) is 8.82. The molecule has 1 aromatic carbocycles. The Labute approximate surface area is 115 Å². The minimum absolute atomic E-state index is 0.0726. The number of hydrogen-bond acceptors (Lipinski definition) is 3. The van der Waals surface area contributed by atoms with E-state index in [4.69, 9.17) is 5.11 Å². The van der Waals surface area contributed by atoms with Crippen LogP contribution in [0.1, 0.15) is 26.4 Å². The number of pyridine rings is 1. The maximum atomic E-state index is 12.4. The summed E-state index contributed by atoms with van der Waals surface area (Å²) in [6, 6.07) is 10.6. The van der Waals surface area contributed by atoms with Gasteiger partial charge in [0.2, 0.25) is 0 Å². The number of carboxylic acids is 1. The highest BCUT2D eigenvalue weighted by atomic mass is 16.4. The number of anilines is 1. The highest BCUT2D eigenvalue weighted by molar-refractivity contribution is 6.06. The molecule has 1 aliphatic rings. The monoisotopic (exact) mass is 268 g/mol. The molecule has 1 aromatic heterocycles. The molecule has 2 aromatic rings. The molecular formula is C15H12N2O3. The van der Waals surface area contributed by atoms with Crippen LogP contribution in [0.25, 0.3) is 0 Å². The average Bonchev–Trinajstić information content (AvgIpc) is 2.90. The van der Waals surface area contributed by atoms with Gasteiger partial charge in [0.1, 0.15) is 5.69 Å². The smallest absolute Gasteiger partial charge is 0.337 e. The van der Waals surface area contributed by atoms with Crippen LogP contribution in [-0.2, 0) is 6.42 Å². The number of carbonyl (C=O) groups excluding carboxylic acids is 1. The number of carboxylic acid groups (broad SMARTS) is 1. The number of para-hydroxylation sites is 1. The SMILES string of the molecule is O=C(O)c1ccc(C(=O)N2CCc3ccccc32)nc1. The van der Waals surface area contributed by atoms with Crippen molar-refractivity contribution in [3.05, 3.63) is 59.4 Å². The predicted octanol–water partition coefficient (Wildman–Crippen LogP) is 1.98. The van der Waals surface area contributed by atoms with Crippen LogP contribution in [0.3, 0.4) is 0 Å². The zero-order valence-electron chi connectivity index (χ0n) is 10.6. The van der Waals surface area contributed by atoms with E-state index >= 15 is 0 Å². The molecule has 0 aliphatic carbocycles. The second-order valence-corrected chi connectivity index (χ2v) is 4.57. The average molecular weight is 268 g/mol. The summed E-state index contributed by atoms with van der Waals surface area (Å²) >= 11 is 0. The van der Waals surface area contributed by atoms with Gasteiger partial charge in [-0.15, -0.1) is 0 Å². The minimum Gasteiger partial charge on any atom is -0.478 e. The third kappa shape index (κ3) is 2.03. The van der Waals surface area contributed by atoms with Crippen molar-refractivity contribution in [2.24, 2.45) is 0 Å². The summed E-state index contributed by atoms with van der Waals surface area (Å²) in [7, 11) is 0. The molecule has 20 heavy (non-hydrogen) atoms. The highest BCUT2D eigenvalue weighted by Crippen LogP contribution is 2.28. The summed E-state index contributed by atoms with van der Waals surface area (Å²) in [6.07, 6.45) is 2.03. The molecule has 0 atom stereocenters. The Morgan fingerprint density at radius 2 is 1.95 bits per heavy atom. The first-order valence-electron chi connectivity index (χ1n) is 6.26. The van der Waals surface area contributed by atoms with Crippen LogP contribution in [0, 0.1) is 0 Å². The zero-order chi connectivity index (χ0) is 14.1. The molecule has 0 saturated carbocycles. The fourth-order valence-corrected chi connectivity index (χ4v) is 2.33. The van der Waals surface area contributed by atoms with E-state index in [2.05, 4.69) is 4.98 Å². The Balaban J connectivity index is 1.89. The van der Waals surface area contributed by atoms with Gasteiger partial charge in [0, 0.05) is 18.4 Å². The lowest BCUT2D eigenvalue weighted by Crippen LogP contribution is -2.29. The van der Waals surface area contributed by atoms with E-state index in [1.165, 1.54) is 18.3 Å². The lowest BCUT2D eigenvalue weighted by molar-refractivity contribution is 0.0695. The molecule has 2 heterocycles. The van der Waals surface area contributed by atoms with Gasteiger partial charge < -0.3 is 10.0 Å². The van der Waals surface area contributed by atoms with Gasteiger partial charge in [0.25, 0.3) is 5.91 Å². The van der Waals surface area contributed by atoms with Crippen LogP contribution in [0.4, 0.5) is 5.69 Å². The van der Waals surface area contributed by atoms with Crippen molar-refractivity contribution in [1.82, 2.24) is 4.98 Å². The van der Waals surface area contributed by atoms with Gasteiger partial charge in [-0.05, 0) is 30.2 Å². The van der Waals surface area contributed by atoms with Gasteiger partial charge in [-0.3, -0.25) is 9.78 Å². The Morgan fingerprint density at radius 1 is 1.15 bits per heavy atom. The van der Waals surface area contributed by atoms with Crippen molar-refractivity contribution >= 4 is 17.6 Å². The first-order chi connectivity index (χ1) is 9.66. The van der Waals surface area contributed by atoms with Crippen LogP contribution >= 0.6 is 0 Å². The normalized spacial score (nSPS) is 13.1. The molecule has 1 amide bonds. The summed E-state index contributed by atoms with van der Waals surface area (Å²) in [6.45, 7) is 0.626. The largest absolute Gasteiger partial charge is 0.478 e. The fraction of sp³-hybridized carbons (Fsp3) is 0.133. The number of aromatic nitrogens is 1. The molecule has 3 rings (SSSR count). The molecule has 0 bridgehead atoms. The minimum atomic E-state index is -1.05. The highest BCUT2D eigenvalue weighted by Gasteiger charge is 2.25. The number of carbonyl (C=O) groups is 2. The van der Waals surface area contributed by atoms with Gasteiger partial charge in [-0.1, -0.05) is 18.2 Å². The van der Waals surface area contributed by atoms with Gasteiger partial charge in [-0.2, -0.15) is 0 Å². The molecule has 0 unspecified atom stereocenters. The van der Waals surface area contributed by atoms with Crippen molar-refractivity contribution in [1.29, 1.82) is 0 Å². The molecule has 5 nitrogen and oxygen atoms in total. The molecule has 5 heteroatoms. The lowest BCUT2D eigenvalue weighted by Gasteiger charge is -2.16. The van der Waals surface area contributed by atoms with E-state index in [-0.39, 0.29) is 17.2 Å². The maximum Gasteiger partial charge on any atom is 0.337 e. The first kappa shape index (κ1) is 12.3. The number of rotatable bonds is 2. The molecular weight excluding hydrogens is 256 g/mol. The predicted molar refractivity (Wildman–Crippen MR) is 73.0 cm³/mol. The van der Waals surface area contributed by atoms with Crippen LogP contribution in [0.2, 0.25) is 0 Å². The summed E-state index contributed by atoms with van der Waals surface area (Å²) in [5.41, 5.74) is 2.37. The van der Waals surface area contributed by atoms with Crippen molar-refractivity contribution < 1.29 is 14.7 Å². The number of aromatic carboxylic acids is 1. The Hall–Kier alpha value is -2.69. The van der Waals surface area contributed by atoms with Gasteiger partial charge in [0.15, 0.2) is 0 Å². The molecule has 0 saturated heterocycles. The molecule has 0 radical (unpaired) electrons. The van der Waals surface area contributed by atoms with E-state index in [0.29, 0.717) is 6.54 Å². The molecule has 100 valence electrons. The van der Waals surface area contributed by atoms with Gasteiger partial charge in [-0.25, -0.2) is 4.79 Å². The molecule has 1 aliphatic heterocycles. The number of benzene rings is 1. The molecule has 0 fully saturated rings. The van der Waals surface area contributed by atoms with Crippen molar-refractivity contribution in [2.45, 2.75) is 6.42 Å². The van der Waals surface area contributed by atoms with Gasteiger partial charge in [0.05, 0.1) is 5.56 Å². The van der Waals surface area contributed by atoms with E-state index < -0.39 is 5.97 Å².